The van der Waals surface area contributed by atoms with Gasteiger partial charge in [-0.2, -0.15) is 0 Å². The van der Waals surface area contributed by atoms with E-state index >= 15 is 0 Å². The maximum atomic E-state index is 12.1. The van der Waals surface area contributed by atoms with Crippen molar-refractivity contribution in [1.82, 2.24) is 0 Å². The standard InChI is InChI=1S/C13H10ClIN2O/c14-10-5-2-6-11(16)12(10)13(18)17-9-4-1-3-8(15)7-9/h1-7H,16H2,(H,17,18). The Balaban J connectivity index is 2.28. The fourth-order valence-electron chi connectivity index (χ4n) is 1.54. The maximum Gasteiger partial charge on any atom is 0.259 e. The Labute approximate surface area is 123 Å². The minimum Gasteiger partial charge on any atom is -0.398 e. The van der Waals surface area contributed by atoms with Crippen LogP contribution in [0.1, 0.15) is 10.4 Å². The Morgan fingerprint density at radius 1 is 1.22 bits per heavy atom. The van der Waals surface area contributed by atoms with Gasteiger partial charge in [0.2, 0.25) is 0 Å². The summed E-state index contributed by atoms with van der Waals surface area (Å²) >= 11 is 8.16. The molecule has 3 nitrogen and oxygen atoms in total. The molecular weight excluding hydrogens is 363 g/mol. The van der Waals surface area contributed by atoms with Crippen molar-refractivity contribution in [3.8, 4) is 0 Å². The van der Waals surface area contributed by atoms with Crippen LogP contribution in [0.15, 0.2) is 42.5 Å². The van der Waals surface area contributed by atoms with Gasteiger partial charge in [0.1, 0.15) is 0 Å². The molecule has 92 valence electrons. The number of halogens is 2. The summed E-state index contributed by atoms with van der Waals surface area (Å²) in [6.07, 6.45) is 0. The third kappa shape index (κ3) is 2.94. The summed E-state index contributed by atoms with van der Waals surface area (Å²) in [7, 11) is 0. The van der Waals surface area contributed by atoms with Gasteiger partial charge < -0.3 is 11.1 Å². The summed E-state index contributed by atoms with van der Waals surface area (Å²) in [4.78, 5) is 12.1. The molecule has 0 atom stereocenters. The Bertz CT molecular complexity index is 581. The summed E-state index contributed by atoms with van der Waals surface area (Å²) in [5.41, 5.74) is 7.14. The first kappa shape index (κ1) is 13.2. The highest BCUT2D eigenvalue weighted by molar-refractivity contribution is 14.1. The fraction of sp³-hybridized carbons (Fsp3) is 0. The maximum absolute atomic E-state index is 12.1. The van der Waals surface area contributed by atoms with E-state index in [0.717, 1.165) is 3.57 Å². The number of hydrogen-bond donors (Lipinski definition) is 2. The van der Waals surface area contributed by atoms with Gasteiger partial charge in [-0.25, -0.2) is 0 Å². The van der Waals surface area contributed by atoms with Gasteiger partial charge in [0.15, 0.2) is 0 Å². The SMILES string of the molecule is Nc1cccc(Cl)c1C(=O)Nc1cccc(I)c1. The van der Waals surface area contributed by atoms with Gasteiger partial charge in [-0.3, -0.25) is 4.79 Å². The molecule has 3 N–H and O–H groups in total. The second kappa shape index (κ2) is 5.58. The second-order valence-corrected chi connectivity index (χ2v) is 5.32. The van der Waals surface area contributed by atoms with E-state index < -0.39 is 0 Å². The minimum absolute atomic E-state index is 0.304. The average Bonchev–Trinajstić information content (AvgIpc) is 2.28. The first-order valence-electron chi connectivity index (χ1n) is 5.19. The third-order valence-corrected chi connectivity index (χ3v) is 3.34. The van der Waals surface area contributed by atoms with Crippen LogP contribution < -0.4 is 11.1 Å². The minimum atomic E-state index is -0.305. The lowest BCUT2D eigenvalue weighted by atomic mass is 10.1. The van der Waals surface area contributed by atoms with Crippen LogP contribution in [0.5, 0.6) is 0 Å². The molecule has 0 aliphatic heterocycles. The van der Waals surface area contributed by atoms with E-state index in [0.29, 0.717) is 22.0 Å². The van der Waals surface area contributed by atoms with Crippen LogP contribution in [0.2, 0.25) is 5.02 Å². The molecule has 0 radical (unpaired) electrons. The number of amides is 1. The Morgan fingerprint density at radius 2 is 1.94 bits per heavy atom. The smallest absolute Gasteiger partial charge is 0.259 e. The van der Waals surface area contributed by atoms with Gasteiger partial charge >= 0.3 is 0 Å². The number of nitrogens with two attached hydrogens (primary N) is 1. The van der Waals surface area contributed by atoms with Crippen molar-refractivity contribution >= 4 is 51.5 Å². The molecule has 0 saturated heterocycles. The number of nitrogens with one attached hydrogen (secondary N) is 1. The van der Waals surface area contributed by atoms with Gasteiger partial charge in [0.05, 0.1) is 10.6 Å². The highest BCUT2D eigenvalue weighted by Gasteiger charge is 2.13. The first-order chi connectivity index (χ1) is 8.58. The van der Waals surface area contributed by atoms with Crippen molar-refractivity contribution in [2.24, 2.45) is 0 Å². The zero-order valence-corrected chi connectivity index (χ0v) is 12.2. The molecule has 2 aromatic rings. The Kier molecular flexibility index (Phi) is 4.08. The van der Waals surface area contributed by atoms with Crippen molar-refractivity contribution in [3.63, 3.8) is 0 Å². The third-order valence-electron chi connectivity index (χ3n) is 2.36. The quantitative estimate of drug-likeness (QED) is 0.623. The van der Waals surface area contributed by atoms with Crippen LogP contribution in [0.4, 0.5) is 11.4 Å². The zero-order chi connectivity index (χ0) is 13.1. The van der Waals surface area contributed by atoms with Gasteiger partial charge in [-0.05, 0) is 52.9 Å². The van der Waals surface area contributed by atoms with E-state index in [1.165, 1.54) is 0 Å². The molecule has 1 amide bonds. The van der Waals surface area contributed by atoms with Gasteiger partial charge in [0.25, 0.3) is 5.91 Å². The lowest BCUT2D eigenvalue weighted by Gasteiger charge is -2.09. The van der Waals surface area contributed by atoms with Crippen molar-refractivity contribution in [1.29, 1.82) is 0 Å². The molecule has 0 saturated carbocycles. The molecule has 0 bridgehead atoms. The number of carbonyl (C=O) groups is 1. The van der Waals surface area contributed by atoms with E-state index in [9.17, 15) is 4.79 Å². The largest absolute Gasteiger partial charge is 0.398 e. The van der Waals surface area contributed by atoms with Crippen LogP contribution in [-0.2, 0) is 0 Å². The van der Waals surface area contributed by atoms with Crippen LogP contribution in [0, 0.1) is 3.57 Å². The molecule has 0 heterocycles. The van der Waals surface area contributed by atoms with Crippen LogP contribution >= 0.6 is 34.2 Å². The van der Waals surface area contributed by atoms with Crippen molar-refractivity contribution in [2.45, 2.75) is 0 Å². The number of carbonyl (C=O) groups excluding carboxylic acids is 1. The molecule has 0 unspecified atom stereocenters. The van der Waals surface area contributed by atoms with Gasteiger partial charge in [-0.1, -0.05) is 23.7 Å². The monoisotopic (exact) mass is 372 g/mol. The van der Waals surface area contributed by atoms with E-state index in [2.05, 4.69) is 27.9 Å². The summed E-state index contributed by atoms with van der Waals surface area (Å²) in [5, 5.41) is 3.12. The molecule has 18 heavy (non-hydrogen) atoms. The lowest BCUT2D eigenvalue weighted by molar-refractivity contribution is 0.102. The van der Waals surface area contributed by atoms with Crippen molar-refractivity contribution < 1.29 is 4.79 Å². The highest BCUT2D eigenvalue weighted by atomic mass is 127. The zero-order valence-electron chi connectivity index (χ0n) is 9.28. The number of benzene rings is 2. The predicted octanol–water partition coefficient (Wildman–Crippen LogP) is 3.78. The van der Waals surface area contributed by atoms with E-state index in [1.54, 1.807) is 18.2 Å². The number of anilines is 2. The fourth-order valence-corrected chi connectivity index (χ4v) is 2.35. The normalized spacial score (nSPS) is 10.1. The number of nitrogen functional groups attached to an aromatic ring is 1. The topological polar surface area (TPSA) is 55.1 Å². The number of hydrogen-bond acceptors (Lipinski definition) is 2. The Morgan fingerprint density at radius 3 is 2.61 bits per heavy atom. The molecule has 2 rings (SSSR count). The summed E-state index contributed by atoms with van der Waals surface area (Å²) < 4.78 is 1.04. The average molecular weight is 373 g/mol. The predicted molar refractivity (Wildman–Crippen MR) is 83.0 cm³/mol. The van der Waals surface area contributed by atoms with E-state index in [4.69, 9.17) is 17.3 Å². The van der Waals surface area contributed by atoms with Crippen LogP contribution in [-0.4, -0.2) is 5.91 Å². The van der Waals surface area contributed by atoms with E-state index in [1.807, 2.05) is 24.3 Å². The first-order valence-corrected chi connectivity index (χ1v) is 6.64. The van der Waals surface area contributed by atoms with Gasteiger partial charge in [-0.15, -0.1) is 0 Å². The molecule has 0 aromatic heterocycles. The van der Waals surface area contributed by atoms with Gasteiger partial charge in [0, 0.05) is 14.9 Å². The summed E-state index contributed by atoms with van der Waals surface area (Å²) in [6, 6.07) is 12.5. The molecule has 0 spiro atoms. The van der Waals surface area contributed by atoms with Crippen molar-refractivity contribution in [3.05, 3.63) is 56.6 Å². The second-order valence-electron chi connectivity index (χ2n) is 3.67. The highest BCUT2D eigenvalue weighted by Crippen LogP contribution is 2.23. The molecule has 5 heteroatoms. The summed E-state index contributed by atoms with van der Waals surface area (Å²) in [5.74, 6) is -0.305. The molecular formula is C13H10ClIN2O. The number of rotatable bonds is 2. The lowest BCUT2D eigenvalue weighted by Crippen LogP contribution is -2.14. The summed E-state index contributed by atoms with van der Waals surface area (Å²) in [6.45, 7) is 0. The molecule has 0 aliphatic rings. The molecule has 0 aliphatic carbocycles. The van der Waals surface area contributed by atoms with Crippen molar-refractivity contribution in [2.75, 3.05) is 11.1 Å². The van der Waals surface area contributed by atoms with Crippen LogP contribution in [0.25, 0.3) is 0 Å². The Hall–Kier alpha value is -1.27. The molecule has 2 aromatic carbocycles. The molecule has 0 fully saturated rings. The van der Waals surface area contributed by atoms with Crippen LogP contribution in [0.3, 0.4) is 0 Å². The van der Waals surface area contributed by atoms with E-state index in [-0.39, 0.29) is 5.91 Å².